The number of anilines is 1. The van der Waals surface area contributed by atoms with E-state index in [2.05, 4.69) is 25.9 Å². The number of hydrogen-bond donors (Lipinski definition) is 3. The number of nitrogens with zero attached hydrogens (tertiary/aromatic N) is 3. The molecule has 1 aromatic heterocycles. The molecule has 1 fully saturated rings. The van der Waals surface area contributed by atoms with E-state index in [1.165, 1.54) is 6.07 Å². The van der Waals surface area contributed by atoms with E-state index in [1.807, 2.05) is 13.8 Å². The summed E-state index contributed by atoms with van der Waals surface area (Å²) in [6.45, 7) is 5.66. The molecule has 3 N–H and O–H groups in total. The number of carbonyl (C=O) groups excluding carboxylic acids is 1. The van der Waals surface area contributed by atoms with Crippen molar-refractivity contribution < 1.29 is 22.4 Å². The molecule has 178 valence electrons. The van der Waals surface area contributed by atoms with Gasteiger partial charge in [-0.05, 0) is 43.5 Å². The average Bonchev–Trinajstić information content (AvgIpc) is 3.19. The van der Waals surface area contributed by atoms with Crippen LogP contribution in [0, 0.1) is 5.82 Å². The second-order valence-corrected chi connectivity index (χ2v) is 8.69. The highest BCUT2D eigenvalue weighted by Gasteiger charge is 2.36. The molecule has 0 spiro atoms. The van der Waals surface area contributed by atoms with Crippen molar-refractivity contribution in [1.29, 1.82) is 0 Å². The van der Waals surface area contributed by atoms with Crippen molar-refractivity contribution in [2.45, 2.75) is 51.0 Å². The van der Waals surface area contributed by atoms with Crippen LogP contribution in [-0.4, -0.2) is 52.6 Å². The van der Waals surface area contributed by atoms with Crippen molar-refractivity contribution in [3.63, 3.8) is 0 Å². The van der Waals surface area contributed by atoms with Gasteiger partial charge in [0.15, 0.2) is 0 Å². The van der Waals surface area contributed by atoms with Gasteiger partial charge in [-0.3, -0.25) is 0 Å². The van der Waals surface area contributed by atoms with Crippen LogP contribution < -0.4 is 16.0 Å². The third kappa shape index (κ3) is 5.18. The summed E-state index contributed by atoms with van der Waals surface area (Å²) in [5.41, 5.74) is 0.893. The first-order valence-electron chi connectivity index (χ1n) is 10.9. The number of halogens is 4. The van der Waals surface area contributed by atoms with Crippen molar-refractivity contribution in [1.82, 2.24) is 25.5 Å². The van der Waals surface area contributed by atoms with Gasteiger partial charge in [0.1, 0.15) is 5.82 Å². The molecule has 1 unspecified atom stereocenters. The molecule has 2 amide bonds. The summed E-state index contributed by atoms with van der Waals surface area (Å²) in [5, 5.41) is 9.24. The molecule has 33 heavy (non-hydrogen) atoms. The Kier molecular flexibility index (Phi) is 6.42. The third-order valence-electron chi connectivity index (χ3n) is 5.90. The molecule has 0 saturated carbocycles. The number of urea groups is 1. The summed E-state index contributed by atoms with van der Waals surface area (Å²) in [5.74, 6) is -1.14. The van der Waals surface area contributed by atoms with E-state index >= 15 is 0 Å². The number of nitrogens with one attached hydrogen (secondary N) is 3. The maximum absolute atomic E-state index is 14.1. The Hall–Kier alpha value is -2.95. The van der Waals surface area contributed by atoms with Crippen LogP contribution in [0.25, 0.3) is 0 Å². The highest BCUT2D eigenvalue weighted by Crippen LogP contribution is 2.33. The Morgan fingerprint density at radius 1 is 1.27 bits per heavy atom. The maximum Gasteiger partial charge on any atom is 0.419 e. The van der Waals surface area contributed by atoms with Crippen LogP contribution in [-0.2, 0) is 19.1 Å². The van der Waals surface area contributed by atoms with E-state index in [0.717, 1.165) is 23.4 Å². The number of hydrogen-bond acceptors (Lipinski definition) is 5. The van der Waals surface area contributed by atoms with Crippen LogP contribution in [0.3, 0.4) is 0 Å². The Balaban J connectivity index is 1.44. The fourth-order valence-electron chi connectivity index (χ4n) is 4.23. The van der Waals surface area contributed by atoms with Gasteiger partial charge in [0.05, 0.1) is 23.8 Å². The summed E-state index contributed by atoms with van der Waals surface area (Å²) < 4.78 is 52.7. The van der Waals surface area contributed by atoms with E-state index in [9.17, 15) is 22.4 Å². The predicted octanol–water partition coefficient (Wildman–Crippen LogP) is 3.28. The summed E-state index contributed by atoms with van der Waals surface area (Å²) >= 11 is 0. The Bertz CT molecular complexity index is 1030. The van der Waals surface area contributed by atoms with Gasteiger partial charge in [-0.15, -0.1) is 0 Å². The first-order chi connectivity index (χ1) is 15.6. The summed E-state index contributed by atoms with van der Waals surface area (Å²) in [6, 6.07) is 2.46. The minimum Gasteiger partial charge on any atom is -0.352 e. The summed E-state index contributed by atoms with van der Waals surface area (Å²) in [6.07, 6.45) is -2.34. The third-order valence-corrected chi connectivity index (χ3v) is 5.90. The van der Waals surface area contributed by atoms with Crippen LogP contribution in [0.15, 0.2) is 24.4 Å². The SMILES string of the molecule is CC(C)Nc1ncc2c(n1)CN(C(=O)NC1CNC[C@H]1c1ccc(C(F)(F)F)c(F)c1)CC2. The maximum atomic E-state index is 14.1. The topological polar surface area (TPSA) is 82.2 Å². The van der Waals surface area contributed by atoms with E-state index in [0.29, 0.717) is 44.1 Å². The number of alkyl halides is 3. The van der Waals surface area contributed by atoms with Crippen molar-refractivity contribution in [3.05, 3.63) is 52.6 Å². The first kappa shape index (κ1) is 23.2. The standard InChI is InChI=1S/C22H26F4N6O/c1-12(2)29-20-28-8-14-5-6-32(11-19(14)30-20)21(33)31-18-10-27-9-15(18)13-3-4-16(17(23)7-13)22(24,25)26/h3-4,7-8,12,15,18,27H,5-6,9-11H2,1-2H3,(H,31,33)(H,28,29,30)/t15-,18?/m0/s1. The Morgan fingerprint density at radius 3 is 2.76 bits per heavy atom. The number of benzene rings is 1. The van der Waals surface area contributed by atoms with Gasteiger partial charge >= 0.3 is 12.2 Å². The largest absolute Gasteiger partial charge is 0.419 e. The molecule has 2 aliphatic rings. The van der Waals surface area contributed by atoms with E-state index in [4.69, 9.17) is 0 Å². The molecule has 0 radical (unpaired) electrons. The second kappa shape index (κ2) is 9.12. The molecule has 1 saturated heterocycles. The normalized spacial score (nSPS) is 20.6. The Morgan fingerprint density at radius 2 is 2.06 bits per heavy atom. The van der Waals surface area contributed by atoms with Crippen LogP contribution in [0.4, 0.5) is 28.3 Å². The first-order valence-corrected chi connectivity index (χ1v) is 10.9. The zero-order valence-electron chi connectivity index (χ0n) is 18.3. The van der Waals surface area contributed by atoms with Gasteiger partial charge in [-0.2, -0.15) is 13.2 Å². The van der Waals surface area contributed by atoms with Gasteiger partial charge in [-0.25, -0.2) is 19.2 Å². The average molecular weight is 466 g/mol. The monoisotopic (exact) mass is 466 g/mol. The predicted molar refractivity (Wildman–Crippen MR) is 114 cm³/mol. The minimum atomic E-state index is -4.75. The molecule has 2 aliphatic heterocycles. The van der Waals surface area contributed by atoms with Crippen molar-refractivity contribution in [2.24, 2.45) is 0 Å². The smallest absolute Gasteiger partial charge is 0.352 e. The van der Waals surface area contributed by atoms with Crippen molar-refractivity contribution >= 4 is 12.0 Å². The van der Waals surface area contributed by atoms with Gasteiger partial charge in [0.25, 0.3) is 0 Å². The Labute approximate surface area is 189 Å². The quantitative estimate of drug-likeness (QED) is 0.603. The fraction of sp³-hybridized carbons (Fsp3) is 0.500. The highest BCUT2D eigenvalue weighted by atomic mass is 19.4. The number of fused-ring (bicyclic) bond motifs is 1. The lowest BCUT2D eigenvalue weighted by molar-refractivity contribution is -0.140. The van der Waals surface area contributed by atoms with Crippen molar-refractivity contribution in [2.75, 3.05) is 25.0 Å². The lowest BCUT2D eigenvalue weighted by Crippen LogP contribution is -2.48. The van der Waals surface area contributed by atoms with Gasteiger partial charge in [-0.1, -0.05) is 6.07 Å². The molecule has 4 rings (SSSR count). The van der Waals surface area contributed by atoms with Gasteiger partial charge in [0.2, 0.25) is 5.95 Å². The van der Waals surface area contributed by atoms with Crippen LogP contribution in [0.2, 0.25) is 0 Å². The molecule has 2 atom stereocenters. The lowest BCUT2D eigenvalue weighted by Gasteiger charge is -2.30. The minimum absolute atomic E-state index is 0.174. The molecule has 2 aromatic rings. The van der Waals surface area contributed by atoms with Crippen molar-refractivity contribution in [3.8, 4) is 0 Å². The number of amides is 2. The second-order valence-electron chi connectivity index (χ2n) is 8.69. The summed E-state index contributed by atoms with van der Waals surface area (Å²) in [4.78, 5) is 23.4. The number of aromatic nitrogens is 2. The zero-order valence-corrected chi connectivity index (χ0v) is 18.3. The van der Waals surface area contributed by atoms with Gasteiger partial charge in [0, 0.05) is 37.8 Å². The molecule has 7 nitrogen and oxygen atoms in total. The van der Waals surface area contributed by atoms with Gasteiger partial charge < -0.3 is 20.9 Å². The summed E-state index contributed by atoms with van der Waals surface area (Å²) in [7, 11) is 0. The molecule has 3 heterocycles. The molecule has 0 bridgehead atoms. The molecular formula is C22H26F4N6O. The molecular weight excluding hydrogens is 440 g/mol. The molecule has 0 aliphatic carbocycles. The zero-order chi connectivity index (χ0) is 23.8. The van der Waals surface area contributed by atoms with E-state index in [-0.39, 0.29) is 24.0 Å². The van der Waals surface area contributed by atoms with Crippen LogP contribution >= 0.6 is 0 Å². The molecule has 11 heteroatoms. The number of carbonyl (C=O) groups is 1. The highest BCUT2D eigenvalue weighted by molar-refractivity contribution is 5.75. The van der Waals surface area contributed by atoms with E-state index in [1.54, 1.807) is 11.1 Å². The van der Waals surface area contributed by atoms with E-state index < -0.39 is 17.6 Å². The number of rotatable bonds is 4. The van der Waals surface area contributed by atoms with Crippen LogP contribution in [0.5, 0.6) is 0 Å². The fourth-order valence-corrected chi connectivity index (χ4v) is 4.23. The molecule has 1 aromatic carbocycles. The van der Waals surface area contributed by atoms with Crippen LogP contribution in [0.1, 0.15) is 42.1 Å². The lowest BCUT2D eigenvalue weighted by atomic mass is 9.93.